The Morgan fingerprint density at radius 2 is 2.21 bits per heavy atom. The summed E-state index contributed by atoms with van der Waals surface area (Å²) in [5.41, 5.74) is 8.75. The van der Waals surface area contributed by atoms with Crippen molar-refractivity contribution < 1.29 is 15.3 Å². The number of carbonyl (C=O) groups is 1. The molecule has 1 aromatic carbocycles. The minimum absolute atomic E-state index is 0.124. The van der Waals surface area contributed by atoms with Gasteiger partial charge < -0.3 is 26.9 Å². The standard InChI is InChI=1S/C19H24N8O2/c20-8-9-23-27-13-5-3-4-12(10-13)24-18-14(17(21)29)11-22-19(26-18)25-15-6-1-2-7-16(15)28/h3-5,8-11,15-16,20,27-28H,1-2,6-7H2,(H2,21,29)(H2,22,24,25,26)/p+1/b20-8?,23-9-/t15-,16+/m1/s1. The van der Waals surface area contributed by atoms with Crippen molar-refractivity contribution in [2.24, 2.45) is 10.8 Å². The lowest BCUT2D eigenvalue weighted by molar-refractivity contribution is -0.576. The lowest BCUT2D eigenvalue weighted by Gasteiger charge is -2.28. The number of rotatable bonds is 8. The molecular weight excluding hydrogens is 372 g/mol. The van der Waals surface area contributed by atoms with Gasteiger partial charge in [0.2, 0.25) is 5.95 Å². The van der Waals surface area contributed by atoms with Crippen molar-refractivity contribution in [3.8, 4) is 0 Å². The molecule has 152 valence electrons. The van der Waals surface area contributed by atoms with Crippen LogP contribution in [-0.2, 0) is 0 Å². The Hall–Kier alpha value is -3.37. The second kappa shape index (κ2) is 9.71. The summed E-state index contributed by atoms with van der Waals surface area (Å²) in [5, 5.41) is 27.4. The Balaban J connectivity index is 1.81. The molecule has 1 aromatic heterocycles. The van der Waals surface area contributed by atoms with E-state index in [-0.39, 0.29) is 17.4 Å². The van der Waals surface area contributed by atoms with E-state index in [2.05, 4.69) is 25.7 Å². The average molecular weight is 397 g/mol. The molecule has 0 saturated heterocycles. The normalized spacial score (nSPS) is 19.1. The number of carbonyl (C=O) groups excluding carboxylic acids is 1. The fourth-order valence-corrected chi connectivity index (χ4v) is 3.18. The summed E-state index contributed by atoms with van der Waals surface area (Å²) in [4.78, 5) is 20.4. The highest BCUT2D eigenvalue weighted by atomic mass is 16.3. The van der Waals surface area contributed by atoms with Crippen LogP contribution in [0, 0.1) is 5.41 Å². The summed E-state index contributed by atoms with van der Waals surface area (Å²) in [6, 6.07) is 7.21. The van der Waals surface area contributed by atoms with Crippen LogP contribution in [0.25, 0.3) is 0 Å². The summed E-state index contributed by atoms with van der Waals surface area (Å²) in [6.45, 7) is 0. The SMILES string of the molecule is N=C/C=N\[NH2+]c1cccc(Nc2nc(N[C@@H]3CCCC[C@@H]3O)ncc2C(N)=O)c1. The smallest absolute Gasteiger partial charge is 0.254 e. The number of nitrogens with zero attached hydrogens (tertiary/aromatic N) is 3. The number of quaternary nitrogens is 1. The van der Waals surface area contributed by atoms with E-state index in [9.17, 15) is 9.90 Å². The van der Waals surface area contributed by atoms with Crippen molar-refractivity contribution in [1.29, 1.82) is 5.41 Å². The van der Waals surface area contributed by atoms with Gasteiger partial charge in [0.15, 0.2) is 5.69 Å². The average Bonchev–Trinajstić information content (AvgIpc) is 2.70. The number of nitrogens with one attached hydrogen (secondary N) is 3. The molecule has 0 bridgehead atoms. The van der Waals surface area contributed by atoms with Crippen LogP contribution in [0.3, 0.4) is 0 Å². The Labute approximate surface area is 168 Å². The van der Waals surface area contributed by atoms with Crippen LogP contribution >= 0.6 is 0 Å². The van der Waals surface area contributed by atoms with Gasteiger partial charge in [0.25, 0.3) is 5.91 Å². The first-order valence-electron chi connectivity index (χ1n) is 9.41. The number of aliphatic hydroxyl groups excluding tert-OH is 1. The van der Waals surface area contributed by atoms with E-state index in [1.54, 1.807) is 5.43 Å². The van der Waals surface area contributed by atoms with E-state index in [0.29, 0.717) is 11.6 Å². The lowest BCUT2D eigenvalue weighted by Crippen LogP contribution is -2.71. The number of nitrogens with two attached hydrogens (primary N) is 2. The molecule has 1 amide bonds. The first kappa shape index (κ1) is 20.4. The van der Waals surface area contributed by atoms with Gasteiger partial charge in [-0.2, -0.15) is 10.4 Å². The molecule has 3 rings (SSSR count). The van der Waals surface area contributed by atoms with Crippen LogP contribution in [0.4, 0.5) is 23.1 Å². The summed E-state index contributed by atoms with van der Waals surface area (Å²) in [6.07, 6.45) is 7.00. The molecule has 0 unspecified atom stereocenters. The molecule has 0 aliphatic heterocycles. The number of aliphatic hydroxyl groups is 1. The van der Waals surface area contributed by atoms with Gasteiger partial charge in [0.05, 0.1) is 12.1 Å². The molecule has 0 spiro atoms. The molecule has 2 aromatic rings. The maximum atomic E-state index is 11.8. The van der Waals surface area contributed by atoms with Gasteiger partial charge in [-0.3, -0.25) is 4.79 Å². The number of anilines is 3. The number of aromatic nitrogens is 2. The van der Waals surface area contributed by atoms with Gasteiger partial charge in [-0.1, -0.05) is 24.0 Å². The Morgan fingerprint density at radius 1 is 1.38 bits per heavy atom. The zero-order valence-corrected chi connectivity index (χ0v) is 15.9. The third kappa shape index (κ3) is 5.56. The highest BCUT2D eigenvalue weighted by molar-refractivity contribution is 6.14. The van der Waals surface area contributed by atoms with E-state index in [0.717, 1.165) is 37.6 Å². The summed E-state index contributed by atoms with van der Waals surface area (Å²) in [5.74, 6) is -0.0442. The Morgan fingerprint density at radius 3 is 2.97 bits per heavy atom. The molecule has 29 heavy (non-hydrogen) atoms. The minimum atomic E-state index is -0.643. The highest BCUT2D eigenvalue weighted by Gasteiger charge is 2.24. The summed E-state index contributed by atoms with van der Waals surface area (Å²) >= 11 is 0. The van der Waals surface area contributed by atoms with E-state index in [1.807, 2.05) is 24.3 Å². The van der Waals surface area contributed by atoms with Gasteiger partial charge in [-0.15, -0.1) is 0 Å². The molecular formula is C19H25N8O2+. The van der Waals surface area contributed by atoms with Crippen molar-refractivity contribution in [3.63, 3.8) is 0 Å². The number of primary amides is 1. The van der Waals surface area contributed by atoms with Crippen molar-refractivity contribution in [2.75, 3.05) is 10.6 Å². The fourth-order valence-electron chi connectivity index (χ4n) is 3.18. The molecule has 8 N–H and O–H groups in total. The minimum Gasteiger partial charge on any atom is -0.391 e. The Kier molecular flexibility index (Phi) is 6.82. The zero-order chi connectivity index (χ0) is 20.6. The third-order valence-electron chi connectivity index (χ3n) is 4.63. The highest BCUT2D eigenvalue weighted by Crippen LogP contribution is 2.24. The second-order valence-corrected chi connectivity index (χ2v) is 6.77. The predicted molar refractivity (Wildman–Crippen MR) is 111 cm³/mol. The van der Waals surface area contributed by atoms with Gasteiger partial charge in [0.1, 0.15) is 17.6 Å². The first-order chi connectivity index (χ1) is 14.1. The molecule has 1 fully saturated rings. The molecule has 1 saturated carbocycles. The first-order valence-corrected chi connectivity index (χ1v) is 9.41. The van der Waals surface area contributed by atoms with Crippen molar-refractivity contribution in [1.82, 2.24) is 9.97 Å². The molecule has 10 nitrogen and oxygen atoms in total. The lowest BCUT2D eigenvalue weighted by atomic mass is 9.93. The molecule has 2 atom stereocenters. The van der Waals surface area contributed by atoms with Gasteiger partial charge >= 0.3 is 0 Å². The van der Waals surface area contributed by atoms with E-state index < -0.39 is 12.0 Å². The number of hydrogen-bond donors (Lipinski definition) is 6. The van der Waals surface area contributed by atoms with Crippen LogP contribution in [0.2, 0.25) is 0 Å². The van der Waals surface area contributed by atoms with Crippen molar-refractivity contribution in [2.45, 2.75) is 37.8 Å². The largest absolute Gasteiger partial charge is 0.391 e. The topological polar surface area (TPSA) is 166 Å². The molecule has 1 aliphatic rings. The maximum Gasteiger partial charge on any atom is 0.254 e. The molecule has 1 aliphatic carbocycles. The predicted octanol–water partition coefficient (Wildman–Crippen LogP) is 0.865. The Bertz CT molecular complexity index is 902. The third-order valence-corrected chi connectivity index (χ3v) is 4.63. The van der Waals surface area contributed by atoms with Crippen molar-refractivity contribution >= 4 is 41.5 Å². The van der Waals surface area contributed by atoms with Crippen LogP contribution in [0.5, 0.6) is 0 Å². The van der Waals surface area contributed by atoms with Gasteiger partial charge in [0, 0.05) is 30.2 Å². The number of hydrogen-bond acceptors (Lipinski definition) is 8. The van der Waals surface area contributed by atoms with Gasteiger partial charge in [-0.05, 0) is 18.9 Å². The summed E-state index contributed by atoms with van der Waals surface area (Å²) < 4.78 is 0. The maximum absolute atomic E-state index is 11.8. The molecule has 10 heteroatoms. The monoisotopic (exact) mass is 397 g/mol. The van der Waals surface area contributed by atoms with Crippen molar-refractivity contribution in [3.05, 3.63) is 36.0 Å². The molecule has 1 heterocycles. The van der Waals surface area contributed by atoms with Crippen LogP contribution in [0.1, 0.15) is 36.0 Å². The van der Waals surface area contributed by atoms with Crippen LogP contribution < -0.4 is 21.8 Å². The second-order valence-electron chi connectivity index (χ2n) is 6.77. The van der Waals surface area contributed by atoms with Crippen LogP contribution in [0.15, 0.2) is 35.6 Å². The quantitative estimate of drug-likeness (QED) is 0.167. The summed E-state index contributed by atoms with van der Waals surface area (Å²) in [7, 11) is 0. The van der Waals surface area contributed by atoms with E-state index >= 15 is 0 Å². The molecule has 0 radical (unpaired) electrons. The van der Waals surface area contributed by atoms with Gasteiger partial charge in [-0.25, -0.2) is 4.98 Å². The zero-order valence-electron chi connectivity index (χ0n) is 15.9. The van der Waals surface area contributed by atoms with E-state index in [1.165, 1.54) is 12.4 Å². The fraction of sp³-hybridized carbons (Fsp3) is 0.316. The van der Waals surface area contributed by atoms with Crippen LogP contribution in [-0.4, -0.2) is 45.6 Å². The van der Waals surface area contributed by atoms with E-state index in [4.69, 9.17) is 11.1 Å². The number of benzene rings is 1. The number of amides is 1.